The first-order chi connectivity index (χ1) is 5.61. The van der Waals surface area contributed by atoms with Crippen molar-refractivity contribution in [3.63, 3.8) is 0 Å². The zero-order valence-electron chi connectivity index (χ0n) is 8.04. The molecule has 0 fully saturated rings. The van der Waals surface area contributed by atoms with E-state index >= 15 is 0 Å². The Kier molecular flexibility index (Phi) is 2.88. The molecule has 2 N–H and O–H groups in total. The van der Waals surface area contributed by atoms with Crippen molar-refractivity contribution in [2.24, 2.45) is 11.7 Å². The smallest absolute Gasteiger partial charge is 0.0318 e. The van der Waals surface area contributed by atoms with Crippen LogP contribution in [0.3, 0.4) is 0 Å². The van der Waals surface area contributed by atoms with Crippen molar-refractivity contribution in [2.45, 2.75) is 26.8 Å². The van der Waals surface area contributed by atoms with E-state index in [4.69, 9.17) is 5.73 Å². The molecule has 66 valence electrons. The first-order valence-corrected chi connectivity index (χ1v) is 4.43. The predicted octanol–water partition coefficient (Wildman–Crippen LogP) is 2.65. The van der Waals surface area contributed by atoms with Crippen LogP contribution in [0.2, 0.25) is 0 Å². The lowest BCUT2D eigenvalue weighted by molar-refractivity contribution is 0.514. The van der Waals surface area contributed by atoms with Gasteiger partial charge < -0.3 is 5.73 Å². The molecule has 1 atom stereocenters. The Hall–Kier alpha value is -0.820. The SMILES string of the molecule is Cc1ccc(C(N)C(C)C)cc1. The Morgan fingerprint density at radius 3 is 2.00 bits per heavy atom. The molecule has 1 rings (SSSR count). The lowest BCUT2D eigenvalue weighted by Gasteiger charge is -2.15. The largest absolute Gasteiger partial charge is 0.324 e. The van der Waals surface area contributed by atoms with Crippen LogP contribution in [-0.2, 0) is 0 Å². The summed E-state index contributed by atoms with van der Waals surface area (Å²) in [6, 6.07) is 8.61. The van der Waals surface area contributed by atoms with Crippen LogP contribution in [0.1, 0.15) is 31.0 Å². The fourth-order valence-corrected chi connectivity index (χ4v) is 1.17. The van der Waals surface area contributed by atoms with Crippen LogP contribution < -0.4 is 5.73 Å². The van der Waals surface area contributed by atoms with Crippen molar-refractivity contribution < 1.29 is 0 Å². The van der Waals surface area contributed by atoms with Crippen molar-refractivity contribution >= 4 is 0 Å². The molecule has 0 aliphatic rings. The highest BCUT2D eigenvalue weighted by molar-refractivity contribution is 5.24. The van der Waals surface area contributed by atoms with Crippen LogP contribution in [0.4, 0.5) is 0 Å². The van der Waals surface area contributed by atoms with Crippen LogP contribution in [0.15, 0.2) is 24.3 Å². The van der Waals surface area contributed by atoms with Gasteiger partial charge in [0.25, 0.3) is 0 Å². The summed E-state index contributed by atoms with van der Waals surface area (Å²) in [5.41, 5.74) is 8.51. The number of rotatable bonds is 2. The molecular formula is C11H17N. The third-order valence-electron chi connectivity index (χ3n) is 2.18. The van der Waals surface area contributed by atoms with Gasteiger partial charge in [0, 0.05) is 6.04 Å². The molecule has 1 heteroatoms. The van der Waals surface area contributed by atoms with E-state index in [1.807, 2.05) is 0 Å². The highest BCUT2D eigenvalue weighted by atomic mass is 14.6. The first kappa shape index (κ1) is 9.27. The Morgan fingerprint density at radius 2 is 1.58 bits per heavy atom. The van der Waals surface area contributed by atoms with Gasteiger partial charge in [-0.05, 0) is 18.4 Å². The van der Waals surface area contributed by atoms with Crippen molar-refractivity contribution in [3.05, 3.63) is 35.4 Å². The molecule has 1 aromatic rings. The summed E-state index contributed by atoms with van der Waals surface area (Å²) in [6.45, 7) is 6.37. The quantitative estimate of drug-likeness (QED) is 0.712. The maximum Gasteiger partial charge on any atom is 0.0318 e. The molecule has 0 heterocycles. The second kappa shape index (κ2) is 3.72. The molecule has 0 spiro atoms. The number of hydrogen-bond acceptors (Lipinski definition) is 1. The Balaban J connectivity index is 2.82. The highest BCUT2D eigenvalue weighted by Crippen LogP contribution is 2.18. The molecular weight excluding hydrogens is 146 g/mol. The second-order valence-corrected chi connectivity index (χ2v) is 3.68. The molecule has 0 saturated carbocycles. The Bertz CT molecular complexity index is 236. The molecule has 0 amide bonds. The van der Waals surface area contributed by atoms with E-state index in [2.05, 4.69) is 45.0 Å². The fourth-order valence-electron chi connectivity index (χ4n) is 1.17. The van der Waals surface area contributed by atoms with Crippen molar-refractivity contribution in [3.8, 4) is 0 Å². The molecule has 12 heavy (non-hydrogen) atoms. The molecule has 1 aromatic carbocycles. The van der Waals surface area contributed by atoms with Crippen LogP contribution >= 0.6 is 0 Å². The standard InChI is InChI=1S/C11H17N/c1-8(2)11(12)10-6-4-9(3)5-7-10/h4-8,11H,12H2,1-3H3. The van der Waals surface area contributed by atoms with Gasteiger partial charge in [0.1, 0.15) is 0 Å². The summed E-state index contributed by atoms with van der Waals surface area (Å²) in [5, 5.41) is 0. The molecule has 0 bridgehead atoms. The number of nitrogens with two attached hydrogens (primary N) is 1. The minimum absolute atomic E-state index is 0.172. The lowest BCUT2D eigenvalue weighted by atomic mass is 9.96. The average Bonchev–Trinajstić information content (AvgIpc) is 2.04. The van der Waals surface area contributed by atoms with Gasteiger partial charge in [0.15, 0.2) is 0 Å². The van der Waals surface area contributed by atoms with Crippen LogP contribution in [0, 0.1) is 12.8 Å². The third kappa shape index (κ3) is 2.08. The van der Waals surface area contributed by atoms with Gasteiger partial charge in [-0.1, -0.05) is 43.7 Å². The van der Waals surface area contributed by atoms with Crippen molar-refractivity contribution in [1.29, 1.82) is 0 Å². The van der Waals surface area contributed by atoms with Gasteiger partial charge in [-0.3, -0.25) is 0 Å². The first-order valence-electron chi connectivity index (χ1n) is 4.43. The lowest BCUT2D eigenvalue weighted by Crippen LogP contribution is -2.16. The molecule has 1 unspecified atom stereocenters. The molecule has 0 saturated heterocycles. The monoisotopic (exact) mass is 163 g/mol. The molecule has 0 aromatic heterocycles. The van der Waals surface area contributed by atoms with Gasteiger partial charge >= 0.3 is 0 Å². The minimum Gasteiger partial charge on any atom is -0.324 e. The van der Waals surface area contributed by atoms with E-state index in [0.717, 1.165) is 0 Å². The van der Waals surface area contributed by atoms with Crippen molar-refractivity contribution in [2.75, 3.05) is 0 Å². The van der Waals surface area contributed by atoms with E-state index in [-0.39, 0.29) is 6.04 Å². The molecule has 0 aliphatic heterocycles. The van der Waals surface area contributed by atoms with Gasteiger partial charge in [-0.15, -0.1) is 0 Å². The average molecular weight is 163 g/mol. The third-order valence-corrected chi connectivity index (χ3v) is 2.18. The maximum atomic E-state index is 5.99. The van der Waals surface area contributed by atoms with Gasteiger partial charge in [0.05, 0.1) is 0 Å². The second-order valence-electron chi connectivity index (χ2n) is 3.68. The number of aryl methyl sites for hydroxylation is 1. The maximum absolute atomic E-state index is 5.99. The van der Waals surface area contributed by atoms with E-state index in [9.17, 15) is 0 Å². The normalized spacial score (nSPS) is 13.4. The van der Waals surface area contributed by atoms with E-state index < -0.39 is 0 Å². The van der Waals surface area contributed by atoms with Gasteiger partial charge in [-0.2, -0.15) is 0 Å². The zero-order chi connectivity index (χ0) is 9.14. The fraction of sp³-hybridized carbons (Fsp3) is 0.455. The van der Waals surface area contributed by atoms with E-state index in [1.165, 1.54) is 11.1 Å². The summed E-state index contributed by atoms with van der Waals surface area (Å²) in [6.07, 6.45) is 0. The van der Waals surface area contributed by atoms with Crippen LogP contribution in [0.5, 0.6) is 0 Å². The highest BCUT2D eigenvalue weighted by Gasteiger charge is 2.08. The van der Waals surface area contributed by atoms with Gasteiger partial charge in [0.2, 0.25) is 0 Å². The van der Waals surface area contributed by atoms with Crippen molar-refractivity contribution in [1.82, 2.24) is 0 Å². The summed E-state index contributed by atoms with van der Waals surface area (Å²) in [4.78, 5) is 0. The summed E-state index contributed by atoms with van der Waals surface area (Å²) in [7, 11) is 0. The molecule has 0 radical (unpaired) electrons. The van der Waals surface area contributed by atoms with Crippen LogP contribution in [0.25, 0.3) is 0 Å². The predicted molar refractivity (Wildman–Crippen MR) is 52.9 cm³/mol. The number of benzene rings is 1. The number of hydrogen-bond donors (Lipinski definition) is 1. The Morgan fingerprint density at radius 1 is 1.08 bits per heavy atom. The summed E-state index contributed by atoms with van der Waals surface area (Å²) in [5.74, 6) is 0.507. The molecule has 1 nitrogen and oxygen atoms in total. The zero-order valence-corrected chi connectivity index (χ0v) is 8.04. The van der Waals surface area contributed by atoms with E-state index in [1.54, 1.807) is 0 Å². The minimum atomic E-state index is 0.172. The summed E-state index contributed by atoms with van der Waals surface area (Å²) >= 11 is 0. The summed E-state index contributed by atoms with van der Waals surface area (Å²) < 4.78 is 0. The molecule has 0 aliphatic carbocycles. The Labute approximate surface area is 74.6 Å². The van der Waals surface area contributed by atoms with E-state index in [0.29, 0.717) is 5.92 Å². The van der Waals surface area contributed by atoms with Gasteiger partial charge in [-0.25, -0.2) is 0 Å². The topological polar surface area (TPSA) is 26.0 Å². The van der Waals surface area contributed by atoms with Crippen LogP contribution in [-0.4, -0.2) is 0 Å².